The molecule has 0 bridgehead atoms. The molecule has 86 valence electrons. The van der Waals surface area contributed by atoms with Gasteiger partial charge in [-0.05, 0) is 18.1 Å². The molecule has 0 fully saturated rings. The molecule has 1 heterocycles. The molecule has 1 aromatic carbocycles. The molecule has 16 heavy (non-hydrogen) atoms. The summed E-state index contributed by atoms with van der Waals surface area (Å²) in [7, 11) is 3.64. The first-order valence-corrected chi connectivity index (χ1v) is 7.26. The quantitative estimate of drug-likeness (QED) is 0.787. The third kappa shape index (κ3) is 2.36. The highest BCUT2D eigenvalue weighted by molar-refractivity contribution is 8.13. The molecule has 0 N–H and O–H groups in total. The van der Waals surface area contributed by atoms with Gasteiger partial charge >= 0.3 is 0 Å². The summed E-state index contributed by atoms with van der Waals surface area (Å²) in [5.74, 6) is -0.0652. The van der Waals surface area contributed by atoms with Crippen molar-refractivity contribution in [2.24, 2.45) is 7.05 Å². The third-order valence-corrected chi connectivity index (χ3v) is 3.61. The highest BCUT2D eigenvalue weighted by Crippen LogP contribution is 2.17. The Balaban J connectivity index is 2.38. The zero-order chi connectivity index (χ0) is 11.8. The van der Waals surface area contributed by atoms with E-state index in [1.165, 1.54) is 0 Å². The first kappa shape index (κ1) is 11.4. The van der Waals surface area contributed by atoms with E-state index in [-0.39, 0.29) is 5.75 Å². The summed E-state index contributed by atoms with van der Waals surface area (Å²) in [5.41, 5.74) is 2.73. The molecule has 0 unspecified atom stereocenters. The fourth-order valence-corrected chi connectivity index (χ4v) is 2.35. The van der Waals surface area contributed by atoms with Crippen LogP contribution in [-0.2, 0) is 22.5 Å². The average molecular weight is 259 g/mol. The maximum atomic E-state index is 10.9. The second-order valence-electron chi connectivity index (χ2n) is 3.63. The van der Waals surface area contributed by atoms with Crippen molar-refractivity contribution in [2.45, 2.75) is 6.42 Å². The summed E-state index contributed by atoms with van der Waals surface area (Å²) in [6.07, 6.45) is 2.10. The fourth-order valence-electron chi connectivity index (χ4n) is 1.65. The number of aromatic nitrogens is 2. The van der Waals surface area contributed by atoms with Crippen molar-refractivity contribution in [1.29, 1.82) is 0 Å². The molecule has 1 aromatic heterocycles. The van der Waals surface area contributed by atoms with Crippen LogP contribution in [0.4, 0.5) is 0 Å². The lowest BCUT2D eigenvalue weighted by molar-refractivity contribution is 0.609. The average Bonchev–Trinajstić information content (AvgIpc) is 2.57. The van der Waals surface area contributed by atoms with Crippen LogP contribution in [0.3, 0.4) is 0 Å². The Morgan fingerprint density at radius 1 is 1.44 bits per heavy atom. The van der Waals surface area contributed by atoms with Gasteiger partial charge in [0.15, 0.2) is 0 Å². The Morgan fingerprint density at radius 2 is 2.19 bits per heavy atom. The normalized spacial score (nSPS) is 12.1. The van der Waals surface area contributed by atoms with Gasteiger partial charge in [-0.25, -0.2) is 13.4 Å². The summed E-state index contributed by atoms with van der Waals surface area (Å²) in [6, 6.07) is 5.71. The van der Waals surface area contributed by atoms with Gasteiger partial charge in [-0.3, -0.25) is 0 Å². The van der Waals surface area contributed by atoms with E-state index in [0.29, 0.717) is 6.42 Å². The molecule has 0 radical (unpaired) electrons. The smallest absolute Gasteiger partial charge is 0.232 e. The summed E-state index contributed by atoms with van der Waals surface area (Å²) >= 11 is 0. The van der Waals surface area contributed by atoms with E-state index in [1.54, 1.807) is 6.33 Å². The first-order valence-electron chi connectivity index (χ1n) is 4.78. The molecule has 0 saturated heterocycles. The second kappa shape index (κ2) is 4.07. The number of hydrogen-bond donors (Lipinski definition) is 0. The van der Waals surface area contributed by atoms with E-state index < -0.39 is 9.05 Å². The molecule has 6 heteroatoms. The van der Waals surface area contributed by atoms with E-state index >= 15 is 0 Å². The largest absolute Gasteiger partial charge is 0.334 e. The number of benzene rings is 1. The highest BCUT2D eigenvalue weighted by Gasteiger charge is 2.09. The van der Waals surface area contributed by atoms with Crippen LogP contribution in [0.15, 0.2) is 24.5 Å². The SMILES string of the molecule is Cn1cnc2c(CCS(=O)(=O)Cl)cccc21. The van der Waals surface area contributed by atoms with Crippen LogP contribution >= 0.6 is 10.7 Å². The van der Waals surface area contributed by atoms with Crippen LogP contribution in [0.2, 0.25) is 0 Å². The number of rotatable bonds is 3. The molecule has 0 saturated carbocycles. The Kier molecular flexibility index (Phi) is 2.90. The van der Waals surface area contributed by atoms with Gasteiger partial charge in [-0.2, -0.15) is 0 Å². The molecule has 0 aliphatic heterocycles. The number of fused-ring (bicyclic) bond motifs is 1. The molecule has 0 amide bonds. The van der Waals surface area contributed by atoms with Crippen molar-refractivity contribution in [2.75, 3.05) is 5.75 Å². The van der Waals surface area contributed by atoms with Crippen LogP contribution in [0.1, 0.15) is 5.56 Å². The molecule has 0 aliphatic rings. The van der Waals surface area contributed by atoms with Gasteiger partial charge in [0.25, 0.3) is 0 Å². The Hall–Kier alpha value is -1.07. The maximum Gasteiger partial charge on any atom is 0.232 e. The number of halogens is 1. The van der Waals surface area contributed by atoms with Gasteiger partial charge in [-0.1, -0.05) is 12.1 Å². The molecule has 2 aromatic rings. The van der Waals surface area contributed by atoms with Crippen LogP contribution in [-0.4, -0.2) is 23.7 Å². The Labute approximate surface area is 98.3 Å². The number of aryl methyl sites for hydroxylation is 2. The summed E-state index contributed by atoms with van der Waals surface area (Å²) < 4.78 is 23.7. The first-order chi connectivity index (χ1) is 7.47. The lowest BCUT2D eigenvalue weighted by Gasteiger charge is -2.01. The summed E-state index contributed by atoms with van der Waals surface area (Å²) in [4.78, 5) is 4.24. The summed E-state index contributed by atoms with van der Waals surface area (Å²) in [5, 5.41) is 0. The Bertz CT molecular complexity index is 619. The standard InChI is InChI=1S/C10H11ClN2O2S/c1-13-7-12-10-8(3-2-4-9(10)13)5-6-16(11,14)15/h2-4,7H,5-6H2,1H3. The molecule has 0 atom stereocenters. The topological polar surface area (TPSA) is 52.0 Å². The van der Waals surface area contributed by atoms with Crippen LogP contribution in [0.5, 0.6) is 0 Å². The maximum absolute atomic E-state index is 10.9. The number of nitrogens with zero attached hydrogens (tertiary/aromatic N) is 2. The lowest BCUT2D eigenvalue weighted by atomic mass is 10.1. The van der Waals surface area contributed by atoms with Gasteiger partial charge < -0.3 is 4.57 Å². The molecular weight excluding hydrogens is 248 g/mol. The predicted octanol–water partition coefficient (Wildman–Crippen LogP) is 1.68. The van der Waals surface area contributed by atoms with E-state index in [0.717, 1.165) is 16.6 Å². The monoisotopic (exact) mass is 258 g/mol. The number of imidazole rings is 1. The van der Waals surface area contributed by atoms with Crippen molar-refractivity contribution in [3.63, 3.8) is 0 Å². The third-order valence-electron chi connectivity index (χ3n) is 2.45. The zero-order valence-electron chi connectivity index (χ0n) is 8.72. The fraction of sp³-hybridized carbons (Fsp3) is 0.300. The summed E-state index contributed by atoms with van der Waals surface area (Å²) in [6.45, 7) is 0. The minimum Gasteiger partial charge on any atom is -0.334 e. The van der Waals surface area contributed by atoms with Gasteiger partial charge in [0.05, 0.1) is 23.1 Å². The van der Waals surface area contributed by atoms with Crippen LogP contribution < -0.4 is 0 Å². The number of hydrogen-bond acceptors (Lipinski definition) is 3. The van der Waals surface area contributed by atoms with Crippen LogP contribution in [0.25, 0.3) is 11.0 Å². The van der Waals surface area contributed by atoms with Crippen LogP contribution in [0, 0.1) is 0 Å². The van der Waals surface area contributed by atoms with Crippen molar-refractivity contribution in [3.8, 4) is 0 Å². The van der Waals surface area contributed by atoms with Gasteiger partial charge in [0.2, 0.25) is 9.05 Å². The molecule has 2 rings (SSSR count). The van der Waals surface area contributed by atoms with Crippen molar-refractivity contribution < 1.29 is 8.42 Å². The minimum absolute atomic E-state index is 0.0652. The van der Waals surface area contributed by atoms with Crippen molar-refractivity contribution >= 4 is 30.8 Å². The molecule has 0 aliphatic carbocycles. The van der Waals surface area contributed by atoms with E-state index in [2.05, 4.69) is 4.98 Å². The van der Waals surface area contributed by atoms with Gasteiger partial charge in [-0.15, -0.1) is 0 Å². The highest BCUT2D eigenvalue weighted by atomic mass is 35.7. The Morgan fingerprint density at radius 3 is 2.88 bits per heavy atom. The van der Waals surface area contributed by atoms with E-state index in [9.17, 15) is 8.42 Å². The van der Waals surface area contributed by atoms with E-state index in [4.69, 9.17) is 10.7 Å². The molecule has 4 nitrogen and oxygen atoms in total. The van der Waals surface area contributed by atoms with Gasteiger partial charge in [0, 0.05) is 17.7 Å². The number of para-hydroxylation sites is 1. The predicted molar refractivity (Wildman–Crippen MR) is 64.1 cm³/mol. The zero-order valence-corrected chi connectivity index (χ0v) is 10.3. The van der Waals surface area contributed by atoms with Crippen molar-refractivity contribution in [1.82, 2.24) is 9.55 Å². The molecular formula is C10H11ClN2O2S. The molecule has 0 spiro atoms. The lowest BCUT2D eigenvalue weighted by Crippen LogP contribution is -2.01. The second-order valence-corrected chi connectivity index (χ2v) is 6.53. The van der Waals surface area contributed by atoms with E-state index in [1.807, 2.05) is 29.8 Å². The van der Waals surface area contributed by atoms with Crippen molar-refractivity contribution in [3.05, 3.63) is 30.1 Å². The van der Waals surface area contributed by atoms with Gasteiger partial charge in [0.1, 0.15) is 0 Å². The minimum atomic E-state index is -3.45.